The highest BCUT2D eigenvalue weighted by Crippen LogP contribution is 2.22. The van der Waals surface area contributed by atoms with Crippen molar-refractivity contribution in [2.75, 3.05) is 38.1 Å². The number of aromatic nitrogens is 2. The summed E-state index contributed by atoms with van der Waals surface area (Å²) in [6.07, 6.45) is 3.09. The van der Waals surface area contributed by atoms with Crippen LogP contribution in [0.25, 0.3) is 5.65 Å². The van der Waals surface area contributed by atoms with E-state index in [4.69, 9.17) is 0 Å². The van der Waals surface area contributed by atoms with Gasteiger partial charge in [0.1, 0.15) is 5.65 Å². The van der Waals surface area contributed by atoms with Gasteiger partial charge in [0.25, 0.3) is 0 Å². The van der Waals surface area contributed by atoms with Crippen LogP contribution in [0.3, 0.4) is 0 Å². The van der Waals surface area contributed by atoms with Gasteiger partial charge in [-0.1, -0.05) is 6.07 Å². The highest BCUT2D eigenvalue weighted by molar-refractivity contribution is 5.55. The minimum atomic E-state index is 0.0207. The van der Waals surface area contributed by atoms with Crippen LogP contribution >= 0.6 is 0 Å². The topological polar surface area (TPSA) is 44.0 Å². The van der Waals surface area contributed by atoms with Crippen LogP contribution < -0.4 is 4.90 Å². The summed E-state index contributed by atoms with van der Waals surface area (Å²) in [7, 11) is 2.15. The molecule has 0 saturated carbocycles. The number of rotatable bonds is 2. The van der Waals surface area contributed by atoms with Gasteiger partial charge in [-0.2, -0.15) is 0 Å². The molecule has 2 aromatic rings. The second kappa shape index (κ2) is 5.19. The lowest BCUT2D eigenvalue weighted by molar-refractivity contribution is 0.276. The van der Waals surface area contributed by atoms with E-state index in [1.54, 1.807) is 0 Å². The number of aliphatic hydroxyl groups excluding tert-OH is 1. The number of hydrogen-bond donors (Lipinski definition) is 1. The summed E-state index contributed by atoms with van der Waals surface area (Å²) < 4.78 is 1.98. The third kappa shape index (κ3) is 2.31. The van der Waals surface area contributed by atoms with Crippen molar-refractivity contribution in [1.82, 2.24) is 14.3 Å². The van der Waals surface area contributed by atoms with Crippen molar-refractivity contribution in [2.45, 2.75) is 13.0 Å². The molecule has 5 heteroatoms. The minimum Gasteiger partial charge on any atom is -0.390 e. The third-order valence-corrected chi connectivity index (χ3v) is 3.78. The Labute approximate surface area is 113 Å². The van der Waals surface area contributed by atoms with Gasteiger partial charge in [0.2, 0.25) is 0 Å². The second-order valence-electron chi connectivity index (χ2n) is 5.11. The molecule has 102 valence electrons. The normalized spacial score (nSPS) is 17.9. The molecule has 0 radical (unpaired) electrons. The fourth-order valence-electron chi connectivity index (χ4n) is 2.69. The van der Waals surface area contributed by atoms with Gasteiger partial charge in [-0.15, -0.1) is 0 Å². The Kier molecular flexibility index (Phi) is 3.40. The molecule has 0 amide bonds. The molecule has 5 nitrogen and oxygen atoms in total. The molecule has 19 heavy (non-hydrogen) atoms. The Morgan fingerprint density at radius 1 is 1.21 bits per heavy atom. The number of pyridine rings is 1. The summed E-state index contributed by atoms with van der Waals surface area (Å²) in [6, 6.07) is 5.92. The molecule has 0 atom stereocenters. The van der Waals surface area contributed by atoms with Crippen LogP contribution in [0.5, 0.6) is 0 Å². The average Bonchev–Trinajstić information content (AvgIpc) is 2.67. The van der Waals surface area contributed by atoms with Gasteiger partial charge in [-0.3, -0.25) is 4.40 Å². The summed E-state index contributed by atoms with van der Waals surface area (Å²) in [5, 5.41) is 9.66. The molecule has 1 fully saturated rings. The van der Waals surface area contributed by atoms with E-state index < -0.39 is 0 Å². The molecule has 1 saturated heterocycles. The first-order chi connectivity index (χ1) is 9.29. The van der Waals surface area contributed by atoms with E-state index in [0.29, 0.717) is 0 Å². The van der Waals surface area contributed by atoms with Crippen LogP contribution in [0.1, 0.15) is 12.1 Å². The molecule has 3 heterocycles. The van der Waals surface area contributed by atoms with Crippen LogP contribution in [0, 0.1) is 0 Å². The van der Waals surface area contributed by atoms with Gasteiger partial charge in [0.15, 0.2) is 5.82 Å². The fraction of sp³-hybridized carbons (Fsp3) is 0.500. The number of imidazole rings is 1. The molecule has 0 bridgehead atoms. The smallest absolute Gasteiger partial charge is 0.153 e. The van der Waals surface area contributed by atoms with E-state index in [-0.39, 0.29) is 6.61 Å². The Bertz CT molecular complexity index is 566. The van der Waals surface area contributed by atoms with Crippen molar-refractivity contribution >= 4 is 11.5 Å². The Balaban J connectivity index is 1.99. The van der Waals surface area contributed by atoms with E-state index in [0.717, 1.165) is 49.8 Å². The van der Waals surface area contributed by atoms with Crippen molar-refractivity contribution in [3.8, 4) is 0 Å². The molecule has 2 aromatic heterocycles. The van der Waals surface area contributed by atoms with Crippen molar-refractivity contribution in [3.63, 3.8) is 0 Å². The van der Waals surface area contributed by atoms with Crippen LogP contribution in [-0.4, -0.2) is 52.6 Å². The van der Waals surface area contributed by atoms with E-state index >= 15 is 0 Å². The predicted octanol–water partition coefficient (Wildman–Crippen LogP) is 0.968. The fourth-order valence-corrected chi connectivity index (χ4v) is 2.69. The van der Waals surface area contributed by atoms with Gasteiger partial charge in [0, 0.05) is 25.8 Å². The van der Waals surface area contributed by atoms with Crippen LogP contribution in [0.2, 0.25) is 0 Å². The summed E-state index contributed by atoms with van der Waals surface area (Å²) in [6.45, 7) is 4.15. The molecule has 0 unspecified atom stereocenters. The largest absolute Gasteiger partial charge is 0.390 e. The van der Waals surface area contributed by atoms with Gasteiger partial charge in [-0.25, -0.2) is 4.98 Å². The summed E-state index contributed by atoms with van der Waals surface area (Å²) in [5.74, 6) is 0.934. The lowest BCUT2D eigenvalue weighted by atomic mass is 10.3. The Hall–Kier alpha value is -1.59. The molecule has 1 aliphatic rings. The maximum absolute atomic E-state index is 9.66. The quantitative estimate of drug-likeness (QED) is 0.874. The van der Waals surface area contributed by atoms with E-state index in [1.165, 1.54) is 0 Å². The van der Waals surface area contributed by atoms with Crippen molar-refractivity contribution < 1.29 is 5.11 Å². The van der Waals surface area contributed by atoms with Gasteiger partial charge >= 0.3 is 0 Å². The maximum Gasteiger partial charge on any atom is 0.153 e. The van der Waals surface area contributed by atoms with E-state index in [2.05, 4.69) is 21.8 Å². The number of nitrogens with zero attached hydrogens (tertiary/aromatic N) is 4. The first kappa shape index (κ1) is 12.4. The predicted molar refractivity (Wildman–Crippen MR) is 75.4 cm³/mol. The molecular weight excluding hydrogens is 240 g/mol. The molecule has 1 N–H and O–H groups in total. The zero-order valence-corrected chi connectivity index (χ0v) is 11.3. The van der Waals surface area contributed by atoms with Crippen molar-refractivity contribution in [1.29, 1.82) is 0 Å². The van der Waals surface area contributed by atoms with Crippen molar-refractivity contribution in [2.24, 2.45) is 0 Å². The average molecular weight is 260 g/mol. The molecule has 0 aromatic carbocycles. The Morgan fingerprint density at radius 2 is 2.11 bits per heavy atom. The summed E-state index contributed by atoms with van der Waals surface area (Å²) >= 11 is 0. The summed E-state index contributed by atoms with van der Waals surface area (Å²) in [4.78, 5) is 9.32. The molecule has 0 aliphatic carbocycles. The van der Waals surface area contributed by atoms with E-state index in [1.807, 2.05) is 28.8 Å². The Morgan fingerprint density at radius 3 is 2.95 bits per heavy atom. The SMILES string of the molecule is CN1CCCN(c2nc3ccccn3c2CO)CC1. The monoisotopic (exact) mass is 260 g/mol. The van der Waals surface area contributed by atoms with E-state index in [9.17, 15) is 5.11 Å². The summed E-state index contributed by atoms with van der Waals surface area (Å²) in [5.41, 5.74) is 1.79. The number of likely N-dealkylation sites (N-methyl/N-ethyl adjacent to an activating group) is 1. The first-order valence-electron chi connectivity index (χ1n) is 6.80. The van der Waals surface area contributed by atoms with Crippen molar-refractivity contribution in [3.05, 3.63) is 30.1 Å². The number of aliphatic hydroxyl groups is 1. The molecule has 0 spiro atoms. The molecular formula is C14H20N4O. The number of anilines is 1. The number of hydrogen-bond acceptors (Lipinski definition) is 4. The number of fused-ring (bicyclic) bond motifs is 1. The van der Waals surface area contributed by atoms with Crippen LogP contribution in [0.4, 0.5) is 5.82 Å². The van der Waals surface area contributed by atoms with Crippen LogP contribution in [0.15, 0.2) is 24.4 Å². The highest BCUT2D eigenvalue weighted by atomic mass is 16.3. The highest BCUT2D eigenvalue weighted by Gasteiger charge is 2.19. The zero-order chi connectivity index (χ0) is 13.2. The maximum atomic E-state index is 9.66. The lowest BCUT2D eigenvalue weighted by Crippen LogP contribution is -2.29. The lowest BCUT2D eigenvalue weighted by Gasteiger charge is -2.21. The second-order valence-corrected chi connectivity index (χ2v) is 5.11. The zero-order valence-electron chi connectivity index (χ0n) is 11.3. The molecule has 1 aliphatic heterocycles. The minimum absolute atomic E-state index is 0.0207. The first-order valence-corrected chi connectivity index (χ1v) is 6.80. The van der Waals surface area contributed by atoms with Crippen LogP contribution in [-0.2, 0) is 6.61 Å². The third-order valence-electron chi connectivity index (χ3n) is 3.78. The van der Waals surface area contributed by atoms with Gasteiger partial charge in [0.05, 0.1) is 12.3 Å². The van der Waals surface area contributed by atoms with Gasteiger partial charge in [-0.05, 0) is 32.1 Å². The molecule has 3 rings (SSSR count). The van der Waals surface area contributed by atoms with Gasteiger partial charge < -0.3 is 14.9 Å². The standard InChI is InChI=1S/C14H20N4O/c1-16-6-4-7-17(10-9-16)14-12(11-19)18-8-3-2-5-13(18)15-14/h2-3,5,8,19H,4,6-7,9-11H2,1H3.